The van der Waals surface area contributed by atoms with Gasteiger partial charge >= 0.3 is 0 Å². The summed E-state index contributed by atoms with van der Waals surface area (Å²) in [5, 5.41) is 8.15. The molecule has 0 amide bonds. The minimum atomic E-state index is 0.415. The minimum absolute atomic E-state index is 0.415. The highest BCUT2D eigenvalue weighted by Crippen LogP contribution is 2.25. The van der Waals surface area contributed by atoms with E-state index >= 15 is 0 Å². The molecule has 25 heavy (non-hydrogen) atoms. The largest absolute Gasteiger partial charge is 0.496 e. The Morgan fingerprint density at radius 3 is 2.80 bits per heavy atom. The highest BCUT2D eigenvalue weighted by atomic mass is 16.5. The summed E-state index contributed by atoms with van der Waals surface area (Å²) in [6.45, 7) is 4.55. The van der Waals surface area contributed by atoms with Crippen LogP contribution in [0.1, 0.15) is 22.3 Å². The number of ether oxygens (including phenoxy) is 2. The van der Waals surface area contributed by atoms with Gasteiger partial charge in [-0.1, -0.05) is 12.1 Å². The number of hydrogen-bond donors (Lipinski definition) is 0. The van der Waals surface area contributed by atoms with E-state index in [-0.39, 0.29) is 0 Å². The van der Waals surface area contributed by atoms with Crippen molar-refractivity contribution in [2.45, 2.75) is 20.5 Å². The normalized spacial score (nSPS) is 11.0. The van der Waals surface area contributed by atoms with E-state index in [4.69, 9.17) is 9.47 Å². The van der Waals surface area contributed by atoms with Crippen LogP contribution in [-0.4, -0.2) is 28.2 Å². The Balaban J connectivity index is 1.79. The summed E-state index contributed by atoms with van der Waals surface area (Å²) < 4.78 is 11.4. The van der Waals surface area contributed by atoms with E-state index in [0.29, 0.717) is 6.61 Å². The molecule has 0 N–H and O–H groups in total. The molecule has 0 saturated carbocycles. The van der Waals surface area contributed by atoms with Gasteiger partial charge in [0.25, 0.3) is 0 Å². The maximum atomic E-state index is 6.00. The summed E-state index contributed by atoms with van der Waals surface area (Å²) in [5.41, 5.74) is 4.23. The van der Waals surface area contributed by atoms with Gasteiger partial charge in [0.05, 0.1) is 13.3 Å². The average Bonchev–Trinajstić information content (AvgIpc) is 3.15. The highest BCUT2D eigenvalue weighted by Gasteiger charge is 2.07. The topological polar surface area (TPSA) is 61.5 Å². The van der Waals surface area contributed by atoms with Crippen molar-refractivity contribution >= 4 is 6.21 Å². The summed E-state index contributed by atoms with van der Waals surface area (Å²) in [4.78, 5) is 5.26. The lowest BCUT2D eigenvalue weighted by Gasteiger charge is -2.13. The number of aromatic nitrogens is 3. The van der Waals surface area contributed by atoms with Crippen molar-refractivity contribution in [3.05, 3.63) is 71.3 Å². The molecule has 0 aliphatic carbocycles. The molecule has 0 aliphatic rings. The molecule has 0 atom stereocenters. The van der Waals surface area contributed by atoms with Crippen LogP contribution in [0.3, 0.4) is 0 Å². The quantitative estimate of drug-likeness (QED) is 0.648. The second kappa shape index (κ2) is 7.61. The first kappa shape index (κ1) is 16.7. The van der Waals surface area contributed by atoms with E-state index in [1.807, 2.05) is 30.3 Å². The van der Waals surface area contributed by atoms with Crippen molar-refractivity contribution in [2.24, 2.45) is 5.10 Å². The van der Waals surface area contributed by atoms with Crippen LogP contribution in [0.5, 0.6) is 11.5 Å². The van der Waals surface area contributed by atoms with Crippen molar-refractivity contribution < 1.29 is 9.47 Å². The number of hydrogen-bond acceptors (Lipinski definition) is 5. The zero-order valence-electron chi connectivity index (χ0n) is 14.5. The van der Waals surface area contributed by atoms with Gasteiger partial charge < -0.3 is 9.47 Å². The van der Waals surface area contributed by atoms with E-state index in [1.165, 1.54) is 23.0 Å². The highest BCUT2D eigenvalue weighted by molar-refractivity contribution is 5.80. The fourth-order valence-corrected chi connectivity index (χ4v) is 2.42. The molecule has 1 heterocycles. The van der Waals surface area contributed by atoms with E-state index in [9.17, 15) is 0 Å². The zero-order valence-corrected chi connectivity index (χ0v) is 14.5. The summed E-state index contributed by atoms with van der Waals surface area (Å²) in [6.07, 6.45) is 4.69. The van der Waals surface area contributed by atoms with E-state index in [2.05, 4.69) is 35.1 Å². The molecule has 0 saturated heterocycles. The SMILES string of the molecule is COc1ccc(/C=N\n2cncn2)cc1COc1cccc(C)c1C. The van der Waals surface area contributed by atoms with Gasteiger partial charge in [0.1, 0.15) is 30.8 Å². The zero-order chi connectivity index (χ0) is 17.6. The smallest absolute Gasteiger partial charge is 0.139 e. The van der Waals surface area contributed by atoms with Gasteiger partial charge in [-0.3, -0.25) is 0 Å². The Hall–Kier alpha value is -3.15. The van der Waals surface area contributed by atoms with E-state index in [1.54, 1.807) is 13.3 Å². The first-order chi connectivity index (χ1) is 12.2. The van der Waals surface area contributed by atoms with Crippen LogP contribution in [-0.2, 0) is 6.61 Å². The van der Waals surface area contributed by atoms with Crippen molar-refractivity contribution in [1.82, 2.24) is 14.9 Å². The summed E-state index contributed by atoms with van der Waals surface area (Å²) in [7, 11) is 1.65. The predicted octanol–water partition coefficient (Wildman–Crippen LogP) is 3.36. The van der Waals surface area contributed by atoms with Gasteiger partial charge in [-0.05, 0) is 54.8 Å². The third kappa shape index (κ3) is 4.03. The molecule has 0 spiro atoms. The molecule has 6 heteroatoms. The second-order valence-electron chi connectivity index (χ2n) is 5.62. The van der Waals surface area contributed by atoms with Crippen LogP contribution < -0.4 is 9.47 Å². The lowest BCUT2D eigenvalue weighted by molar-refractivity contribution is 0.294. The second-order valence-corrected chi connectivity index (χ2v) is 5.62. The van der Waals surface area contributed by atoms with Crippen molar-refractivity contribution in [2.75, 3.05) is 7.11 Å². The third-order valence-electron chi connectivity index (χ3n) is 3.97. The minimum Gasteiger partial charge on any atom is -0.496 e. The van der Waals surface area contributed by atoms with Crippen molar-refractivity contribution in [3.8, 4) is 11.5 Å². The molecule has 0 fully saturated rings. The summed E-state index contributed by atoms with van der Waals surface area (Å²) in [5.74, 6) is 1.66. The Kier molecular flexibility index (Phi) is 5.09. The lowest BCUT2D eigenvalue weighted by atomic mass is 10.1. The molecular formula is C19H20N4O2. The standard InChI is InChI=1S/C19H20N4O2/c1-14-5-4-6-18(15(14)2)25-11-17-9-16(7-8-19(17)24-3)10-21-23-13-20-12-22-23/h4-10,12-13H,11H2,1-3H3/b21-10-. The maximum absolute atomic E-state index is 6.00. The van der Waals surface area contributed by atoms with Crippen LogP contribution in [0.2, 0.25) is 0 Å². The average molecular weight is 336 g/mol. The van der Waals surface area contributed by atoms with Crippen LogP contribution >= 0.6 is 0 Å². The molecular weight excluding hydrogens is 316 g/mol. The Morgan fingerprint density at radius 2 is 2.04 bits per heavy atom. The molecule has 0 radical (unpaired) electrons. The van der Waals surface area contributed by atoms with Gasteiger partial charge in [0.15, 0.2) is 0 Å². The first-order valence-electron chi connectivity index (χ1n) is 7.92. The summed E-state index contributed by atoms with van der Waals surface area (Å²) >= 11 is 0. The summed E-state index contributed by atoms with van der Waals surface area (Å²) in [6, 6.07) is 11.9. The van der Waals surface area contributed by atoms with E-state index in [0.717, 1.165) is 28.2 Å². The van der Waals surface area contributed by atoms with Crippen molar-refractivity contribution in [1.29, 1.82) is 0 Å². The van der Waals surface area contributed by atoms with Crippen LogP contribution in [0.25, 0.3) is 0 Å². The number of nitrogens with zero attached hydrogens (tertiary/aromatic N) is 4. The molecule has 3 aromatic rings. The predicted molar refractivity (Wildman–Crippen MR) is 96.3 cm³/mol. The first-order valence-corrected chi connectivity index (χ1v) is 7.92. The monoisotopic (exact) mass is 336 g/mol. The van der Waals surface area contributed by atoms with Gasteiger partial charge in [-0.2, -0.15) is 5.10 Å². The molecule has 0 aliphatic heterocycles. The molecule has 2 aromatic carbocycles. The molecule has 0 unspecified atom stereocenters. The molecule has 1 aromatic heterocycles. The van der Waals surface area contributed by atoms with Gasteiger partial charge in [-0.15, -0.1) is 9.89 Å². The van der Waals surface area contributed by atoms with Gasteiger partial charge in [-0.25, -0.2) is 4.98 Å². The molecule has 0 bridgehead atoms. The maximum Gasteiger partial charge on any atom is 0.139 e. The van der Waals surface area contributed by atoms with Gasteiger partial charge in [0.2, 0.25) is 0 Å². The van der Waals surface area contributed by atoms with Crippen LogP contribution in [0.15, 0.2) is 54.2 Å². The van der Waals surface area contributed by atoms with Gasteiger partial charge in [0, 0.05) is 5.56 Å². The molecule has 6 nitrogen and oxygen atoms in total. The Labute approximate surface area is 146 Å². The Morgan fingerprint density at radius 1 is 1.16 bits per heavy atom. The number of methoxy groups -OCH3 is 1. The number of benzene rings is 2. The van der Waals surface area contributed by atoms with Crippen molar-refractivity contribution in [3.63, 3.8) is 0 Å². The number of aryl methyl sites for hydroxylation is 1. The fourth-order valence-electron chi connectivity index (χ4n) is 2.42. The fraction of sp³-hybridized carbons (Fsp3) is 0.211. The Bertz CT molecular complexity index is 873. The van der Waals surface area contributed by atoms with Crippen LogP contribution in [0.4, 0.5) is 0 Å². The lowest BCUT2D eigenvalue weighted by Crippen LogP contribution is -2.02. The van der Waals surface area contributed by atoms with Crippen LogP contribution in [0, 0.1) is 13.8 Å². The molecule has 128 valence electrons. The molecule has 3 rings (SSSR count). The third-order valence-corrected chi connectivity index (χ3v) is 3.97. The van der Waals surface area contributed by atoms with E-state index < -0.39 is 0 Å². The number of rotatable bonds is 6.